The Balaban J connectivity index is 1.64. The Hall–Kier alpha value is -2.73. The summed E-state index contributed by atoms with van der Waals surface area (Å²) in [4.78, 5) is 12.3. The molecule has 0 saturated carbocycles. The molecular formula is C19H19N3O2S. The summed E-state index contributed by atoms with van der Waals surface area (Å²) < 4.78 is 5.75. The topological polar surface area (TPSA) is 64.1 Å². The second-order valence-electron chi connectivity index (χ2n) is 5.85. The van der Waals surface area contributed by atoms with Crippen LogP contribution in [0.2, 0.25) is 0 Å². The van der Waals surface area contributed by atoms with E-state index in [1.165, 1.54) is 11.3 Å². The molecular weight excluding hydrogens is 334 g/mol. The van der Waals surface area contributed by atoms with Crippen LogP contribution in [0, 0.1) is 13.8 Å². The van der Waals surface area contributed by atoms with Gasteiger partial charge >= 0.3 is 0 Å². The number of anilines is 1. The molecule has 0 aliphatic carbocycles. The average molecular weight is 353 g/mol. The Morgan fingerprint density at radius 3 is 2.44 bits per heavy atom. The van der Waals surface area contributed by atoms with E-state index in [4.69, 9.17) is 4.74 Å². The third kappa shape index (κ3) is 4.42. The van der Waals surface area contributed by atoms with E-state index in [0.29, 0.717) is 10.9 Å². The minimum Gasteiger partial charge on any atom is -0.481 e. The number of nitrogens with zero attached hydrogens (tertiary/aromatic N) is 2. The summed E-state index contributed by atoms with van der Waals surface area (Å²) in [7, 11) is 0. The minimum absolute atomic E-state index is 0.255. The number of hydrogen-bond donors (Lipinski definition) is 1. The zero-order valence-electron chi connectivity index (χ0n) is 14.3. The number of amides is 1. The summed E-state index contributed by atoms with van der Waals surface area (Å²) in [5, 5.41) is 12.1. The van der Waals surface area contributed by atoms with E-state index in [-0.39, 0.29) is 5.91 Å². The summed E-state index contributed by atoms with van der Waals surface area (Å²) in [5.74, 6) is 0.428. The van der Waals surface area contributed by atoms with Crippen LogP contribution in [-0.4, -0.2) is 22.2 Å². The molecule has 0 saturated heterocycles. The van der Waals surface area contributed by atoms with Crippen LogP contribution < -0.4 is 10.1 Å². The Bertz CT molecular complexity index is 857. The lowest BCUT2D eigenvalue weighted by atomic mass is 10.1. The third-order valence-electron chi connectivity index (χ3n) is 3.55. The highest BCUT2D eigenvalue weighted by Gasteiger charge is 2.17. The molecule has 0 fully saturated rings. The number of nitrogens with one attached hydrogen (secondary N) is 1. The maximum atomic E-state index is 12.3. The van der Waals surface area contributed by atoms with E-state index >= 15 is 0 Å². The predicted octanol–water partition coefficient (Wildman–Crippen LogP) is 4.23. The van der Waals surface area contributed by atoms with Gasteiger partial charge in [0.15, 0.2) is 6.10 Å². The maximum absolute atomic E-state index is 12.3. The van der Waals surface area contributed by atoms with Crippen LogP contribution >= 0.6 is 11.3 Å². The quantitative estimate of drug-likeness (QED) is 0.745. The first-order valence-corrected chi connectivity index (χ1v) is 8.77. The van der Waals surface area contributed by atoms with Crippen molar-refractivity contribution in [3.05, 3.63) is 59.7 Å². The van der Waals surface area contributed by atoms with Gasteiger partial charge in [0.25, 0.3) is 5.91 Å². The monoisotopic (exact) mass is 353 g/mol. The lowest BCUT2D eigenvalue weighted by Gasteiger charge is -2.14. The van der Waals surface area contributed by atoms with Gasteiger partial charge < -0.3 is 4.74 Å². The molecule has 0 spiro atoms. The van der Waals surface area contributed by atoms with E-state index in [1.807, 2.05) is 56.3 Å². The molecule has 1 heterocycles. The van der Waals surface area contributed by atoms with Gasteiger partial charge in [0.05, 0.1) is 0 Å². The molecule has 1 amide bonds. The van der Waals surface area contributed by atoms with Crippen LogP contribution in [0.15, 0.2) is 48.5 Å². The van der Waals surface area contributed by atoms with Gasteiger partial charge in [0, 0.05) is 5.56 Å². The molecule has 6 heteroatoms. The van der Waals surface area contributed by atoms with Gasteiger partial charge in [0.2, 0.25) is 5.13 Å². The second-order valence-corrected chi connectivity index (χ2v) is 6.83. The van der Waals surface area contributed by atoms with Crippen LogP contribution in [0.5, 0.6) is 5.75 Å². The van der Waals surface area contributed by atoms with Crippen molar-refractivity contribution < 1.29 is 9.53 Å². The lowest BCUT2D eigenvalue weighted by molar-refractivity contribution is -0.122. The number of benzene rings is 2. The summed E-state index contributed by atoms with van der Waals surface area (Å²) in [5.41, 5.74) is 3.17. The number of carbonyl (C=O) groups is 1. The first-order chi connectivity index (χ1) is 12.0. The van der Waals surface area contributed by atoms with E-state index in [9.17, 15) is 4.79 Å². The third-order valence-corrected chi connectivity index (χ3v) is 4.44. The van der Waals surface area contributed by atoms with Crippen LogP contribution in [0.3, 0.4) is 0 Å². The first kappa shape index (κ1) is 17.1. The van der Waals surface area contributed by atoms with Crippen molar-refractivity contribution in [2.75, 3.05) is 5.32 Å². The molecule has 1 N–H and O–H groups in total. The normalized spacial score (nSPS) is 11.8. The summed E-state index contributed by atoms with van der Waals surface area (Å²) >= 11 is 1.33. The van der Waals surface area contributed by atoms with Crippen molar-refractivity contribution in [1.29, 1.82) is 0 Å². The fourth-order valence-electron chi connectivity index (χ4n) is 2.44. The lowest BCUT2D eigenvalue weighted by Crippen LogP contribution is -2.30. The number of hydrogen-bond acceptors (Lipinski definition) is 5. The van der Waals surface area contributed by atoms with Gasteiger partial charge in [-0.15, -0.1) is 10.2 Å². The van der Waals surface area contributed by atoms with Gasteiger partial charge in [-0.25, -0.2) is 0 Å². The van der Waals surface area contributed by atoms with Crippen LogP contribution in [0.25, 0.3) is 10.6 Å². The molecule has 3 aromatic rings. The van der Waals surface area contributed by atoms with Crippen molar-refractivity contribution in [1.82, 2.24) is 10.2 Å². The summed E-state index contributed by atoms with van der Waals surface area (Å²) in [6.45, 7) is 5.71. The predicted molar refractivity (Wildman–Crippen MR) is 100.0 cm³/mol. The van der Waals surface area contributed by atoms with Crippen molar-refractivity contribution in [3.63, 3.8) is 0 Å². The fourth-order valence-corrected chi connectivity index (χ4v) is 3.19. The zero-order chi connectivity index (χ0) is 17.8. The number of rotatable bonds is 5. The van der Waals surface area contributed by atoms with E-state index < -0.39 is 6.10 Å². The van der Waals surface area contributed by atoms with Gasteiger partial charge in [-0.2, -0.15) is 0 Å². The molecule has 25 heavy (non-hydrogen) atoms. The van der Waals surface area contributed by atoms with Crippen molar-refractivity contribution >= 4 is 22.4 Å². The molecule has 0 bridgehead atoms. The molecule has 0 aliphatic rings. The molecule has 3 rings (SSSR count). The van der Waals surface area contributed by atoms with Crippen LogP contribution in [0.4, 0.5) is 5.13 Å². The van der Waals surface area contributed by atoms with Gasteiger partial charge in [0.1, 0.15) is 10.8 Å². The molecule has 128 valence electrons. The Kier molecular flexibility index (Phi) is 5.09. The van der Waals surface area contributed by atoms with Crippen molar-refractivity contribution in [3.8, 4) is 16.3 Å². The van der Waals surface area contributed by atoms with Gasteiger partial charge in [-0.3, -0.25) is 10.1 Å². The Morgan fingerprint density at radius 2 is 1.76 bits per heavy atom. The highest BCUT2D eigenvalue weighted by molar-refractivity contribution is 7.18. The molecule has 0 aliphatic heterocycles. The highest BCUT2D eigenvalue weighted by atomic mass is 32.1. The van der Waals surface area contributed by atoms with Crippen molar-refractivity contribution in [2.24, 2.45) is 0 Å². The van der Waals surface area contributed by atoms with Crippen LogP contribution in [-0.2, 0) is 4.79 Å². The number of ether oxygens (including phenoxy) is 1. The standard InChI is InChI=1S/C19H19N3O2S/c1-12-9-13(2)11-16(10-12)24-14(3)17(23)20-19-22-21-18(25-19)15-7-5-4-6-8-15/h4-11,14H,1-3H3,(H,20,22,23). The largest absolute Gasteiger partial charge is 0.481 e. The molecule has 2 aromatic carbocycles. The van der Waals surface area contributed by atoms with E-state index in [2.05, 4.69) is 21.6 Å². The number of aryl methyl sites for hydroxylation is 2. The van der Waals surface area contributed by atoms with E-state index in [1.54, 1.807) is 6.92 Å². The minimum atomic E-state index is -0.634. The highest BCUT2D eigenvalue weighted by Crippen LogP contribution is 2.26. The summed E-state index contributed by atoms with van der Waals surface area (Å²) in [6, 6.07) is 15.6. The van der Waals surface area contributed by atoms with Gasteiger partial charge in [-0.1, -0.05) is 47.7 Å². The SMILES string of the molecule is Cc1cc(C)cc(OC(C)C(=O)Nc2nnc(-c3ccccc3)s2)c1. The molecule has 1 atom stereocenters. The van der Waals surface area contributed by atoms with Crippen molar-refractivity contribution in [2.45, 2.75) is 26.9 Å². The number of aromatic nitrogens is 2. The Labute approximate surface area is 150 Å². The maximum Gasteiger partial charge on any atom is 0.266 e. The molecule has 0 radical (unpaired) electrons. The average Bonchev–Trinajstić information content (AvgIpc) is 3.03. The Morgan fingerprint density at radius 1 is 1.08 bits per heavy atom. The molecule has 1 aromatic heterocycles. The molecule has 5 nitrogen and oxygen atoms in total. The summed E-state index contributed by atoms with van der Waals surface area (Å²) in [6.07, 6.45) is -0.634. The first-order valence-electron chi connectivity index (χ1n) is 7.96. The number of carbonyl (C=O) groups excluding carboxylic acids is 1. The van der Waals surface area contributed by atoms with E-state index in [0.717, 1.165) is 21.7 Å². The van der Waals surface area contributed by atoms with Crippen LogP contribution in [0.1, 0.15) is 18.1 Å². The smallest absolute Gasteiger partial charge is 0.266 e. The fraction of sp³-hybridized carbons (Fsp3) is 0.211. The second kappa shape index (κ2) is 7.44. The van der Waals surface area contributed by atoms with Gasteiger partial charge in [-0.05, 0) is 44.0 Å². The molecule has 1 unspecified atom stereocenters. The zero-order valence-corrected chi connectivity index (χ0v) is 15.1.